The summed E-state index contributed by atoms with van der Waals surface area (Å²) in [5.41, 5.74) is 0.769. The molecule has 0 aliphatic carbocycles. The third-order valence-electron chi connectivity index (χ3n) is 5.66. The highest BCUT2D eigenvalue weighted by Gasteiger charge is 2.37. The summed E-state index contributed by atoms with van der Waals surface area (Å²) in [6.45, 7) is 7.41. The van der Waals surface area contributed by atoms with E-state index >= 15 is 0 Å². The molecular weight excluding hydrogens is 429 g/mol. The second-order valence-electron chi connectivity index (χ2n) is 7.97. The molecule has 2 saturated heterocycles. The van der Waals surface area contributed by atoms with E-state index in [2.05, 4.69) is 0 Å². The van der Waals surface area contributed by atoms with E-state index in [4.69, 9.17) is 4.74 Å². The van der Waals surface area contributed by atoms with Gasteiger partial charge in [-0.05, 0) is 49.9 Å². The minimum atomic E-state index is -3.59. The Morgan fingerprint density at radius 2 is 1.73 bits per heavy atom. The largest absolute Gasteiger partial charge is 0.373 e. The van der Waals surface area contributed by atoms with Gasteiger partial charge in [-0.15, -0.1) is 11.3 Å². The highest BCUT2D eigenvalue weighted by atomic mass is 32.2. The molecule has 164 valence electrons. The second-order valence-corrected chi connectivity index (χ2v) is 11.0. The van der Waals surface area contributed by atoms with Crippen LogP contribution in [0.1, 0.15) is 29.1 Å². The molecule has 0 saturated carbocycles. The number of carbonyl (C=O) groups excluding carboxylic acids is 1. The lowest BCUT2D eigenvalue weighted by Crippen LogP contribution is -2.57. The van der Waals surface area contributed by atoms with Crippen LogP contribution in [-0.2, 0) is 14.9 Å². The fourth-order valence-corrected chi connectivity index (χ4v) is 7.05. The Kier molecular flexibility index (Phi) is 5.88. The summed E-state index contributed by atoms with van der Waals surface area (Å²) in [6.07, 6.45) is -0.292. The van der Waals surface area contributed by atoms with Crippen molar-refractivity contribution < 1.29 is 22.3 Å². The summed E-state index contributed by atoms with van der Waals surface area (Å²) in [4.78, 5) is 15.3. The fraction of sp³-hybridized carbons (Fsp3) is 0.550. The Balaban J connectivity index is 1.45. The summed E-state index contributed by atoms with van der Waals surface area (Å²) in [7, 11) is -3.59. The highest BCUT2D eigenvalue weighted by Crippen LogP contribution is 2.32. The van der Waals surface area contributed by atoms with Crippen molar-refractivity contribution in [3.8, 4) is 0 Å². The monoisotopic (exact) mass is 455 g/mol. The van der Waals surface area contributed by atoms with Gasteiger partial charge in [0.15, 0.2) is 0 Å². The molecule has 1 amide bonds. The summed E-state index contributed by atoms with van der Waals surface area (Å²) in [5, 5.41) is 0.750. The maximum absolute atomic E-state index is 13.6. The van der Waals surface area contributed by atoms with E-state index in [-0.39, 0.29) is 37.0 Å². The predicted molar refractivity (Wildman–Crippen MR) is 114 cm³/mol. The summed E-state index contributed by atoms with van der Waals surface area (Å²) in [6, 6.07) is 4.53. The smallest absolute Gasteiger partial charge is 0.282 e. The Labute approximate surface area is 180 Å². The van der Waals surface area contributed by atoms with E-state index in [0.717, 1.165) is 15.6 Å². The zero-order chi connectivity index (χ0) is 21.6. The highest BCUT2D eigenvalue weighted by molar-refractivity contribution is 7.86. The number of thiophene rings is 1. The van der Waals surface area contributed by atoms with Gasteiger partial charge in [-0.2, -0.15) is 17.0 Å². The van der Waals surface area contributed by atoms with E-state index in [1.807, 2.05) is 20.8 Å². The van der Waals surface area contributed by atoms with Crippen molar-refractivity contribution in [2.45, 2.75) is 33.0 Å². The number of rotatable bonds is 3. The standard InChI is InChI=1S/C20H26FN3O4S2/c1-13-11-24(12-14(2)28-13)30(26,27)23-8-6-22(7-9-23)20(25)19-15(3)17-10-16(21)4-5-18(17)29-19/h4-5,10,13-14H,6-9,11-12H2,1-3H3. The molecule has 10 heteroatoms. The lowest BCUT2D eigenvalue weighted by Gasteiger charge is -2.40. The number of aryl methyl sites for hydroxylation is 1. The molecule has 2 aliphatic heterocycles. The molecule has 0 spiro atoms. The molecule has 4 rings (SSSR count). The number of amides is 1. The topological polar surface area (TPSA) is 70.2 Å². The van der Waals surface area contributed by atoms with E-state index in [1.54, 1.807) is 11.0 Å². The van der Waals surface area contributed by atoms with Gasteiger partial charge in [-0.1, -0.05) is 0 Å². The number of fused-ring (bicyclic) bond motifs is 1. The SMILES string of the molecule is Cc1c(C(=O)N2CCN(S(=O)(=O)N3CC(C)OC(C)C3)CC2)sc2ccc(F)cc12. The normalized spacial score (nSPS) is 24.5. The first-order valence-corrected chi connectivity index (χ1v) is 12.3. The molecular formula is C20H26FN3O4S2. The van der Waals surface area contributed by atoms with Gasteiger partial charge in [0.05, 0.1) is 17.1 Å². The van der Waals surface area contributed by atoms with Gasteiger partial charge >= 0.3 is 0 Å². The van der Waals surface area contributed by atoms with Crippen molar-refractivity contribution >= 4 is 37.5 Å². The summed E-state index contributed by atoms with van der Waals surface area (Å²) in [5.74, 6) is -0.451. The van der Waals surface area contributed by atoms with E-state index in [9.17, 15) is 17.6 Å². The average Bonchev–Trinajstić information content (AvgIpc) is 3.03. The molecule has 2 aromatic rings. The Bertz CT molecular complexity index is 1050. The van der Waals surface area contributed by atoms with Crippen LogP contribution in [0.25, 0.3) is 10.1 Å². The van der Waals surface area contributed by atoms with E-state index < -0.39 is 10.2 Å². The third-order valence-corrected chi connectivity index (χ3v) is 8.89. The van der Waals surface area contributed by atoms with Crippen molar-refractivity contribution in [1.29, 1.82) is 0 Å². The van der Waals surface area contributed by atoms with Gasteiger partial charge in [0.1, 0.15) is 5.82 Å². The number of morpholine rings is 1. The number of halogens is 1. The minimum absolute atomic E-state index is 0.125. The van der Waals surface area contributed by atoms with Gasteiger partial charge in [0, 0.05) is 44.0 Å². The van der Waals surface area contributed by atoms with Gasteiger partial charge < -0.3 is 9.64 Å². The molecule has 2 aliphatic rings. The van der Waals surface area contributed by atoms with Crippen LogP contribution in [0, 0.1) is 12.7 Å². The minimum Gasteiger partial charge on any atom is -0.373 e. The molecule has 2 fully saturated rings. The quantitative estimate of drug-likeness (QED) is 0.713. The van der Waals surface area contributed by atoms with Crippen LogP contribution in [0.5, 0.6) is 0 Å². The first-order valence-electron chi connectivity index (χ1n) is 10.1. The number of benzene rings is 1. The molecule has 1 aromatic carbocycles. The van der Waals surface area contributed by atoms with E-state index in [1.165, 1.54) is 32.1 Å². The number of ether oxygens (including phenoxy) is 1. The van der Waals surface area contributed by atoms with Crippen LogP contribution in [0.3, 0.4) is 0 Å². The Morgan fingerprint density at radius 3 is 2.37 bits per heavy atom. The van der Waals surface area contributed by atoms with Crippen molar-refractivity contribution in [3.05, 3.63) is 34.5 Å². The third kappa shape index (κ3) is 3.99. The molecule has 1 aromatic heterocycles. The van der Waals surface area contributed by atoms with Gasteiger partial charge in [-0.25, -0.2) is 4.39 Å². The van der Waals surface area contributed by atoms with Crippen LogP contribution < -0.4 is 0 Å². The average molecular weight is 456 g/mol. The lowest BCUT2D eigenvalue weighted by molar-refractivity contribution is -0.0457. The van der Waals surface area contributed by atoms with Crippen LogP contribution in [0.2, 0.25) is 0 Å². The van der Waals surface area contributed by atoms with E-state index in [0.29, 0.717) is 31.1 Å². The van der Waals surface area contributed by atoms with Crippen LogP contribution >= 0.6 is 11.3 Å². The zero-order valence-electron chi connectivity index (χ0n) is 17.3. The zero-order valence-corrected chi connectivity index (χ0v) is 18.9. The second kappa shape index (κ2) is 8.16. The van der Waals surface area contributed by atoms with Gasteiger partial charge in [0.25, 0.3) is 16.1 Å². The Hall–Kier alpha value is -1.59. The first kappa shape index (κ1) is 21.6. The predicted octanol–water partition coefficient (Wildman–Crippen LogP) is 2.46. The number of nitrogens with zero attached hydrogens (tertiary/aromatic N) is 3. The molecule has 3 heterocycles. The maximum Gasteiger partial charge on any atom is 0.282 e. The molecule has 30 heavy (non-hydrogen) atoms. The molecule has 0 bridgehead atoms. The molecule has 2 unspecified atom stereocenters. The number of hydrogen-bond donors (Lipinski definition) is 0. The van der Waals surface area contributed by atoms with Crippen LogP contribution in [0.4, 0.5) is 4.39 Å². The molecule has 0 radical (unpaired) electrons. The number of piperazine rings is 1. The van der Waals surface area contributed by atoms with Crippen molar-refractivity contribution in [2.24, 2.45) is 0 Å². The van der Waals surface area contributed by atoms with Crippen molar-refractivity contribution in [2.75, 3.05) is 39.3 Å². The number of hydrogen-bond acceptors (Lipinski definition) is 5. The van der Waals surface area contributed by atoms with Gasteiger partial charge in [-0.3, -0.25) is 4.79 Å². The van der Waals surface area contributed by atoms with Crippen molar-refractivity contribution in [3.63, 3.8) is 0 Å². The molecule has 0 N–H and O–H groups in total. The maximum atomic E-state index is 13.6. The molecule has 2 atom stereocenters. The van der Waals surface area contributed by atoms with Crippen molar-refractivity contribution in [1.82, 2.24) is 13.5 Å². The Morgan fingerprint density at radius 1 is 1.10 bits per heavy atom. The van der Waals surface area contributed by atoms with Crippen LogP contribution in [-0.4, -0.2) is 79.3 Å². The summed E-state index contributed by atoms with van der Waals surface area (Å²) >= 11 is 1.35. The van der Waals surface area contributed by atoms with Crippen LogP contribution in [0.15, 0.2) is 18.2 Å². The summed E-state index contributed by atoms with van der Waals surface area (Å²) < 4.78 is 49.1. The van der Waals surface area contributed by atoms with Gasteiger partial charge in [0.2, 0.25) is 0 Å². The first-order chi connectivity index (χ1) is 14.2. The molecule has 7 nitrogen and oxygen atoms in total. The number of carbonyl (C=O) groups is 1. The fourth-order valence-electron chi connectivity index (χ4n) is 4.15. The lowest BCUT2D eigenvalue weighted by atomic mass is 10.1.